The molecule has 33 heavy (non-hydrogen) atoms. The van der Waals surface area contributed by atoms with Crippen LogP contribution in [0.2, 0.25) is 0 Å². The summed E-state index contributed by atoms with van der Waals surface area (Å²) in [5, 5.41) is 10.4. The first-order valence-corrected chi connectivity index (χ1v) is 11.2. The Balaban J connectivity index is 1.86. The third-order valence-electron chi connectivity index (χ3n) is 5.79. The van der Waals surface area contributed by atoms with Crippen LogP contribution in [0.25, 0.3) is 27.9 Å². The lowest BCUT2D eigenvalue weighted by Crippen LogP contribution is -2.40. The molecule has 2 aromatic heterocycles. The molecule has 0 bridgehead atoms. The van der Waals surface area contributed by atoms with Crippen LogP contribution >= 0.6 is 0 Å². The molecule has 4 aromatic rings. The highest BCUT2D eigenvalue weighted by Crippen LogP contribution is 2.20. The zero-order chi connectivity index (χ0) is 23.4. The van der Waals surface area contributed by atoms with Crippen LogP contribution in [0.15, 0.2) is 64.3 Å². The second-order valence-corrected chi connectivity index (χ2v) is 8.15. The number of benzene rings is 2. The van der Waals surface area contributed by atoms with Gasteiger partial charge in [-0.3, -0.25) is 18.7 Å². The molecule has 4 rings (SSSR count). The summed E-state index contributed by atoms with van der Waals surface area (Å²) in [5.41, 5.74) is 2.55. The van der Waals surface area contributed by atoms with Crippen LogP contribution in [0.5, 0.6) is 0 Å². The Morgan fingerprint density at radius 1 is 1.09 bits per heavy atom. The molecule has 0 amide bonds. The second kappa shape index (κ2) is 9.73. The van der Waals surface area contributed by atoms with Gasteiger partial charge in [0.1, 0.15) is 0 Å². The van der Waals surface area contributed by atoms with Gasteiger partial charge in [0.05, 0.1) is 17.4 Å². The van der Waals surface area contributed by atoms with Crippen molar-refractivity contribution in [3.05, 3.63) is 86.7 Å². The molecule has 7 heteroatoms. The van der Waals surface area contributed by atoms with Gasteiger partial charge in [0, 0.05) is 30.1 Å². The number of para-hydroxylation sites is 1. The van der Waals surface area contributed by atoms with E-state index < -0.39 is 11.7 Å². The van der Waals surface area contributed by atoms with Crippen LogP contribution in [0.4, 0.5) is 0 Å². The number of rotatable bonds is 9. The zero-order valence-corrected chi connectivity index (χ0v) is 18.6. The number of nitrogens with one attached hydrogen (secondary N) is 1. The van der Waals surface area contributed by atoms with E-state index in [0.717, 1.165) is 34.9 Å². The highest BCUT2D eigenvalue weighted by Gasteiger charge is 2.15. The van der Waals surface area contributed by atoms with Crippen molar-refractivity contribution in [2.75, 3.05) is 0 Å². The van der Waals surface area contributed by atoms with Crippen LogP contribution in [-0.2, 0) is 17.9 Å². The largest absolute Gasteiger partial charge is 0.481 e. The van der Waals surface area contributed by atoms with E-state index >= 15 is 0 Å². The molecule has 2 aromatic carbocycles. The van der Waals surface area contributed by atoms with E-state index in [1.165, 1.54) is 4.57 Å². The van der Waals surface area contributed by atoms with E-state index in [2.05, 4.69) is 18.0 Å². The summed E-state index contributed by atoms with van der Waals surface area (Å²) < 4.78 is 2.77. The number of carboxylic acids is 1. The molecule has 0 radical (unpaired) electrons. The highest BCUT2D eigenvalue weighted by atomic mass is 16.4. The Morgan fingerprint density at radius 3 is 2.70 bits per heavy atom. The molecule has 2 heterocycles. The third kappa shape index (κ3) is 4.67. The van der Waals surface area contributed by atoms with Crippen molar-refractivity contribution in [1.29, 1.82) is 0 Å². The van der Waals surface area contributed by atoms with Gasteiger partial charge < -0.3 is 10.1 Å². The van der Waals surface area contributed by atoms with Gasteiger partial charge in [-0.25, -0.2) is 4.79 Å². The number of fused-ring (bicyclic) bond motifs is 2. The minimum absolute atomic E-state index is 0.0592. The van der Waals surface area contributed by atoms with Crippen molar-refractivity contribution in [2.24, 2.45) is 0 Å². The minimum atomic E-state index is -0.952. The number of unbranched alkanes of at least 4 members (excludes halogenated alkanes) is 1. The SMILES string of the molecule is CCCC=Cc1ccc2c(c1)c(=O)n(CCCC(=O)O)c(=O)n2Cc1c[nH]c2ccccc12. The number of carboxylic acid groups (broad SMARTS) is 1. The van der Waals surface area contributed by atoms with Gasteiger partial charge in [0.15, 0.2) is 0 Å². The van der Waals surface area contributed by atoms with Gasteiger partial charge in [0.2, 0.25) is 0 Å². The number of allylic oxidation sites excluding steroid dienone is 1. The fourth-order valence-electron chi connectivity index (χ4n) is 4.10. The van der Waals surface area contributed by atoms with Gasteiger partial charge in [-0.15, -0.1) is 0 Å². The van der Waals surface area contributed by atoms with E-state index in [1.54, 1.807) is 4.57 Å². The standard InChI is InChI=1S/C26H27N3O4/c1-2-3-4-8-18-12-13-23-21(15-18)25(32)28(14-7-11-24(30)31)26(33)29(23)17-19-16-27-22-10-6-5-9-20(19)22/h4-6,8-10,12-13,15-16,27H,2-3,7,11,14,17H2,1H3,(H,30,31). The molecule has 0 aliphatic heterocycles. The molecule has 0 aliphatic rings. The maximum atomic E-state index is 13.4. The van der Waals surface area contributed by atoms with Crippen molar-refractivity contribution in [1.82, 2.24) is 14.1 Å². The summed E-state index contributed by atoms with van der Waals surface area (Å²) in [6, 6.07) is 13.4. The maximum Gasteiger partial charge on any atom is 0.331 e. The first-order valence-electron chi connectivity index (χ1n) is 11.2. The smallest absolute Gasteiger partial charge is 0.331 e. The fraction of sp³-hybridized carbons (Fsp3) is 0.269. The topological polar surface area (TPSA) is 97.1 Å². The molecule has 0 spiro atoms. The summed E-state index contributed by atoms with van der Waals surface area (Å²) in [6.45, 7) is 2.46. The van der Waals surface area contributed by atoms with Crippen molar-refractivity contribution in [3.63, 3.8) is 0 Å². The quantitative estimate of drug-likeness (QED) is 0.400. The Hall–Kier alpha value is -3.87. The minimum Gasteiger partial charge on any atom is -0.481 e. The van der Waals surface area contributed by atoms with Crippen LogP contribution in [0, 0.1) is 0 Å². The predicted molar refractivity (Wildman–Crippen MR) is 131 cm³/mol. The lowest BCUT2D eigenvalue weighted by Gasteiger charge is -2.14. The average molecular weight is 446 g/mol. The van der Waals surface area contributed by atoms with Crippen molar-refractivity contribution < 1.29 is 9.90 Å². The van der Waals surface area contributed by atoms with E-state index in [-0.39, 0.29) is 24.9 Å². The van der Waals surface area contributed by atoms with E-state index in [9.17, 15) is 14.4 Å². The van der Waals surface area contributed by atoms with Crippen LogP contribution in [0.3, 0.4) is 0 Å². The molecule has 0 fully saturated rings. The highest BCUT2D eigenvalue weighted by molar-refractivity contribution is 5.84. The number of hydrogen-bond acceptors (Lipinski definition) is 3. The monoisotopic (exact) mass is 445 g/mol. The molecule has 0 atom stereocenters. The number of H-pyrrole nitrogens is 1. The third-order valence-corrected chi connectivity index (χ3v) is 5.79. The summed E-state index contributed by atoms with van der Waals surface area (Å²) in [6.07, 6.45) is 8.00. The molecule has 0 saturated heterocycles. The predicted octanol–water partition coefficient (Wildman–Crippen LogP) is 4.37. The van der Waals surface area contributed by atoms with E-state index in [0.29, 0.717) is 17.4 Å². The lowest BCUT2D eigenvalue weighted by atomic mass is 10.1. The molecule has 0 aliphatic carbocycles. The molecular formula is C26H27N3O4. The van der Waals surface area contributed by atoms with Crippen molar-refractivity contribution >= 4 is 33.9 Å². The van der Waals surface area contributed by atoms with Gasteiger partial charge in [-0.05, 0) is 42.2 Å². The zero-order valence-electron chi connectivity index (χ0n) is 18.6. The molecule has 7 nitrogen and oxygen atoms in total. The van der Waals surface area contributed by atoms with Crippen LogP contribution in [0.1, 0.15) is 43.7 Å². The van der Waals surface area contributed by atoms with Gasteiger partial charge >= 0.3 is 11.7 Å². The molecule has 0 saturated carbocycles. The average Bonchev–Trinajstić information content (AvgIpc) is 3.22. The summed E-state index contributed by atoms with van der Waals surface area (Å²) in [4.78, 5) is 40.8. The Bertz CT molecular complexity index is 1460. The first-order chi connectivity index (χ1) is 16.0. The van der Waals surface area contributed by atoms with Gasteiger partial charge in [-0.2, -0.15) is 0 Å². The second-order valence-electron chi connectivity index (χ2n) is 8.15. The van der Waals surface area contributed by atoms with Crippen LogP contribution < -0.4 is 11.2 Å². The Labute approximate surface area is 190 Å². The summed E-state index contributed by atoms with van der Waals surface area (Å²) in [7, 11) is 0. The summed E-state index contributed by atoms with van der Waals surface area (Å²) >= 11 is 0. The molecule has 170 valence electrons. The van der Waals surface area contributed by atoms with E-state index in [4.69, 9.17) is 5.11 Å². The van der Waals surface area contributed by atoms with Gasteiger partial charge in [-0.1, -0.05) is 49.8 Å². The van der Waals surface area contributed by atoms with Crippen molar-refractivity contribution in [3.8, 4) is 0 Å². The lowest BCUT2D eigenvalue weighted by molar-refractivity contribution is -0.137. The molecular weight excluding hydrogens is 418 g/mol. The van der Waals surface area contributed by atoms with E-state index in [1.807, 2.05) is 54.7 Å². The summed E-state index contributed by atoms with van der Waals surface area (Å²) in [5.74, 6) is -0.952. The normalized spacial score (nSPS) is 11.7. The van der Waals surface area contributed by atoms with Gasteiger partial charge in [0.25, 0.3) is 5.56 Å². The molecule has 2 N–H and O–H groups in total. The number of hydrogen-bond donors (Lipinski definition) is 2. The molecule has 0 unspecified atom stereocenters. The Kier molecular flexibility index (Phi) is 6.58. The first kappa shape index (κ1) is 22.3. The number of aromatic nitrogens is 3. The number of carbonyl (C=O) groups is 1. The van der Waals surface area contributed by atoms with Crippen LogP contribution in [-0.4, -0.2) is 25.2 Å². The number of aliphatic carboxylic acids is 1. The number of aromatic amines is 1. The number of nitrogens with zero attached hydrogens (tertiary/aromatic N) is 2. The maximum absolute atomic E-state index is 13.4. The Morgan fingerprint density at radius 2 is 1.91 bits per heavy atom. The fourth-order valence-corrected chi connectivity index (χ4v) is 4.10. The van der Waals surface area contributed by atoms with Crippen molar-refractivity contribution in [2.45, 2.75) is 45.7 Å².